The second kappa shape index (κ2) is 9.95. The molecule has 1 unspecified atom stereocenters. The van der Waals surface area contributed by atoms with Crippen LogP contribution in [-0.4, -0.2) is 38.1 Å². The number of rotatable bonds is 7. The molecule has 1 aromatic carbocycles. The predicted molar refractivity (Wildman–Crippen MR) is 133 cm³/mol. The fourth-order valence-corrected chi connectivity index (χ4v) is 5.13. The highest BCUT2D eigenvalue weighted by Crippen LogP contribution is 2.33. The molecule has 2 aliphatic carbocycles. The second-order valence-corrected chi connectivity index (χ2v) is 9.64. The van der Waals surface area contributed by atoms with Crippen LogP contribution in [0.15, 0.2) is 30.6 Å². The highest BCUT2D eigenvalue weighted by molar-refractivity contribution is 5.84. The minimum Gasteiger partial charge on any atom is -0.366 e. The summed E-state index contributed by atoms with van der Waals surface area (Å²) >= 11 is 0. The van der Waals surface area contributed by atoms with E-state index in [0.717, 1.165) is 55.3 Å². The summed E-state index contributed by atoms with van der Waals surface area (Å²) in [6.07, 6.45) is 10.8. The van der Waals surface area contributed by atoms with Gasteiger partial charge in [-0.2, -0.15) is 15.2 Å². The van der Waals surface area contributed by atoms with E-state index in [2.05, 4.69) is 26.3 Å². The fourth-order valence-electron chi connectivity index (χ4n) is 5.13. The largest absolute Gasteiger partial charge is 0.366 e. The van der Waals surface area contributed by atoms with Crippen molar-refractivity contribution in [2.45, 2.75) is 75.5 Å². The Balaban J connectivity index is 1.39. The van der Waals surface area contributed by atoms with Crippen LogP contribution in [0.25, 0.3) is 11.2 Å². The van der Waals surface area contributed by atoms with Gasteiger partial charge in [0.2, 0.25) is 5.95 Å². The molecule has 0 radical (unpaired) electrons. The fraction of sp³-hybridized carbons (Fsp3) is 0.520. The van der Waals surface area contributed by atoms with Crippen LogP contribution in [-0.2, 0) is 0 Å². The molecule has 34 heavy (non-hydrogen) atoms. The minimum atomic E-state index is -0.245. The van der Waals surface area contributed by atoms with Crippen LogP contribution in [0, 0.1) is 11.3 Å². The Hall–Kier alpha value is -3.22. The van der Waals surface area contributed by atoms with Gasteiger partial charge in [-0.15, -0.1) is 0 Å². The van der Waals surface area contributed by atoms with E-state index < -0.39 is 0 Å². The lowest BCUT2D eigenvalue weighted by molar-refractivity contribution is 0.410. The number of hydrogen-bond donors (Lipinski definition) is 4. The van der Waals surface area contributed by atoms with Crippen LogP contribution in [0.2, 0.25) is 0 Å². The molecule has 0 amide bonds. The summed E-state index contributed by atoms with van der Waals surface area (Å²) < 4.78 is 2.22. The Morgan fingerprint density at radius 1 is 1.06 bits per heavy atom. The molecule has 0 bridgehead atoms. The van der Waals surface area contributed by atoms with Crippen molar-refractivity contribution in [3.05, 3.63) is 41.7 Å². The number of benzene rings is 1. The molecule has 2 fully saturated rings. The summed E-state index contributed by atoms with van der Waals surface area (Å²) in [6, 6.07) is 10.3. The van der Waals surface area contributed by atoms with Crippen molar-refractivity contribution >= 4 is 22.9 Å². The summed E-state index contributed by atoms with van der Waals surface area (Å²) in [5, 5.41) is 16.0. The monoisotopic (exact) mass is 459 g/mol. The number of nitrogens with one attached hydrogen (secondary N) is 2. The van der Waals surface area contributed by atoms with Gasteiger partial charge in [-0.3, -0.25) is 0 Å². The summed E-state index contributed by atoms with van der Waals surface area (Å²) in [7, 11) is 0. The van der Waals surface area contributed by atoms with Crippen molar-refractivity contribution in [2.24, 2.45) is 11.5 Å². The van der Waals surface area contributed by atoms with Gasteiger partial charge in [-0.1, -0.05) is 25.0 Å². The third-order valence-electron chi connectivity index (χ3n) is 7.20. The van der Waals surface area contributed by atoms with Crippen molar-refractivity contribution < 1.29 is 0 Å². The predicted octanol–water partition coefficient (Wildman–Crippen LogP) is 3.61. The number of imidazole rings is 1. The van der Waals surface area contributed by atoms with E-state index >= 15 is 0 Å². The molecular formula is C25H33N9. The number of nitriles is 1. The first-order chi connectivity index (χ1) is 16.6. The van der Waals surface area contributed by atoms with Crippen LogP contribution < -0.4 is 22.1 Å². The first kappa shape index (κ1) is 22.6. The highest BCUT2D eigenvalue weighted by atomic mass is 15.2. The number of aromatic nitrogens is 4. The molecule has 6 N–H and O–H groups in total. The first-order valence-electron chi connectivity index (χ1n) is 12.4. The van der Waals surface area contributed by atoms with Crippen LogP contribution in [0.4, 0.5) is 11.8 Å². The molecule has 3 aromatic rings. The molecule has 0 saturated heterocycles. The summed E-state index contributed by atoms with van der Waals surface area (Å²) in [6.45, 7) is 0.492. The maximum Gasteiger partial charge on any atom is 0.227 e. The third-order valence-corrected chi connectivity index (χ3v) is 7.20. The van der Waals surface area contributed by atoms with Gasteiger partial charge < -0.3 is 26.7 Å². The van der Waals surface area contributed by atoms with Gasteiger partial charge in [-0.05, 0) is 56.2 Å². The summed E-state index contributed by atoms with van der Waals surface area (Å²) in [5.41, 5.74) is 15.8. The van der Waals surface area contributed by atoms with E-state index in [0.29, 0.717) is 42.0 Å². The molecule has 2 saturated carbocycles. The van der Waals surface area contributed by atoms with Crippen molar-refractivity contribution in [2.75, 3.05) is 17.2 Å². The van der Waals surface area contributed by atoms with Crippen molar-refractivity contribution in [3.8, 4) is 6.07 Å². The van der Waals surface area contributed by atoms with Crippen molar-refractivity contribution in [1.29, 1.82) is 5.26 Å². The second-order valence-electron chi connectivity index (χ2n) is 9.64. The van der Waals surface area contributed by atoms with Gasteiger partial charge in [0.1, 0.15) is 0 Å². The maximum atomic E-state index is 9.03. The van der Waals surface area contributed by atoms with E-state index in [9.17, 15) is 0 Å². The van der Waals surface area contributed by atoms with Gasteiger partial charge in [0, 0.05) is 30.7 Å². The molecule has 0 spiro atoms. The van der Waals surface area contributed by atoms with E-state index in [4.69, 9.17) is 26.7 Å². The molecular weight excluding hydrogens is 426 g/mol. The summed E-state index contributed by atoms with van der Waals surface area (Å²) in [5.74, 6) is 1.32. The lowest BCUT2D eigenvalue weighted by Gasteiger charge is -2.27. The van der Waals surface area contributed by atoms with Crippen molar-refractivity contribution in [3.63, 3.8) is 0 Å². The average molecular weight is 460 g/mol. The Kier molecular flexibility index (Phi) is 6.61. The molecule has 0 aliphatic heterocycles. The number of fused-ring (bicyclic) bond motifs is 1. The molecule has 9 heteroatoms. The average Bonchev–Trinajstić information content (AvgIpc) is 3.54. The lowest BCUT2D eigenvalue weighted by atomic mass is 9.92. The third kappa shape index (κ3) is 4.83. The van der Waals surface area contributed by atoms with Crippen LogP contribution in [0.3, 0.4) is 0 Å². The van der Waals surface area contributed by atoms with Gasteiger partial charge >= 0.3 is 0 Å². The van der Waals surface area contributed by atoms with Gasteiger partial charge in [0.25, 0.3) is 0 Å². The smallest absolute Gasteiger partial charge is 0.227 e. The first-order valence-corrected chi connectivity index (χ1v) is 12.4. The lowest BCUT2D eigenvalue weighted by Crippen LogP contribution is -2.33. The van der Waals surface area contributed by atoms with Crippen LogP contribution in [0.5, 0.6) is 0 Å². The standard InChI is InChI=1S/C25H33N9/c26-13-16-5-7-17(8-6-16)21(28)14-29-23-22-24(34(15-30-22)20-3-1-2-4-20)33-25(32-23)31-19-11-9-18(27)10-12-19/h5-8,15,18-21H,1-4,9-12,14,27-28H2,(H2,29,31,32,33)/t18-,19-,21?. The molecule has 9 nitrogen and oxygen atoms in total. The molecule has 2 heterocycles. The molecule has 178 valence electrons. The quantitative estimate of drug-likeness (QED) is 0.419. The van der Waals surface area contributed by atoms with E-state index in [1.54, 1.807) is 12.1 Å². The minimum absolute atomic E-state index is 0.245. The number of hydrogen-bond acceptors (Lipinski definition) is 8. The van der Waals surface area contributed by atoms with Crippen LogP contribution in [0.1, 0.15) is 74.6 Å². The van der Waals surface area contributed by atoms with Gasteiger partial charge in [0.05, 0.1) is 18.0 Å². The van der Waals surface area contributed by atoms with Crippen LogP contribution >= 0.6 is 0 Å². The Labute approximate surface area is 200 Å². The zero-order valence-corrected chi connectivity index (χ0v) is 19.5. The normalized spacial score (nSPS) is 21.9. The summed E-state index contributed by atoms with van der Waals surface area (Å²) in [4.78, 5) is 14.4. The molecule has 2 aromatic heterocycles. The Morgan fingerprint density at radius 2 is 1.79 bits per heavy atom. The Bertz CT molecular complexity index is 1150. The van der Waals surface area contributed by atoms with E-state index in [1.165, 1.54) is 12.8 Å². The van der Waals surface area contributed by atoms with Gasteiger partial charge in [-0.25, -0.2) is 4.98 Å². The zero-order chi connectivity index (χ0) is 23.5. The SMILES string of the molecule is N#Cc1ccc(C(N)CNc2nc(N[C@H]3CC[C@H](N)CC3)nc3c2ncn3C2CCCC2)cc1. The number of nitrogens with two attached hydrogens (primary N) is 2. The number of nitrogens with zero attached hydrogens (tertiary/aromatic N) is 5. The van der Waals surface area contributed by atoms with E-state index in [-0.39, 0.29) is 6.04 Å². The van der Waals surface area contributed by atoms with Gasteiger partial charge in [0.15, 0.2) is 17.0 Å². The topological polar surface area (TPSA) is 143 Å². The van der Waals surface area contributed by atoms with E-state index in [1.807, 2.05) is 18.5 Å². The van der Waals surface area contributed by atoms with Crippen molar-refractivity contribution in [1.82, 2.24) is 19.5 Å². The molecule has 1 atom stereocenters. The number of anilines is 2. The highest BCUT2D eigenvalue weighted by Gasteiger charge is 2.24. The molecule has 5 rings (SSSR count). The zero-order valence-electron chi connectivity index (χ0n) is 19.5. The molecule has 2 aliphatic rings. The maximum absolute atomic E-state index is 9.03. The Morgan fingerprint density at radius 3 is 2.50 bits per heavy atom.